The molecule has 1 atom stereocenters. The molecule has 0 aliphatic rings. The van der Waals surface area contributed by atoms with Gasteiger partial charge in [-0.2, -0.15) is 0 Å². The van der Waals surface area contributed by atoms with Crippen LogP contribution in [0.4, 0.5) is 4.39 Å². The number of ether oxygens (including phenoxy) is 2. The monoisotopic (exact) mass is 390 g/mol. The number of benzene rings is 2. The molecule has 0 radical (unpaired) electrons. The van der Waals surface area contributed by atoms with Gasteiger partial charge in [-0.1, -0.05) is 11.6 Å². The summed E-state index contributed by atoms with van der Waals surface area (Å²) in [5.74, 6) is -0.626. The molecule has 7 heteroatoms. The molecule has 0 aliphatic heterocycles. The van der Waals surface area contributed by atoms with Gasteiger partial charge in [0.25, 0.3) is 0 Å². The molecule has 140 valence electrons. The minimum absolute atomic E-state index is 0.179. The molecule has 0 fully saturated rings. The molecule has 27 heavy (non-hydrogen) atoms. The third-order valence-electron chi connectivity index (χ3n) is 3.87. The standard InChI is InChI=1S/C20H16ClFO5/c1-3-25-20(24)11(2)26-13-5-7-15-16(10-19(23)27-18(15)9-13)14-6-4-12(22)8-17(14)21/h4-11H,3H2,1-2H3/t11-/m1/s1. The van der Waals surface area contributed by atoms with E-state index in [0.29, 0.717) is 22.3 Å². The maximum atomic E-state index is 13.3. The molecule has 1 heterocycles. The highest BCUT2D eigenvalue weighted by atomic mass is 35.5. The van der Waals surface area contributed by atoms with Gasteiger partial charge >= 0.3 is 11.6 Å². The van der Waals surface area contributed by atoms with Crippen LogP contribution in [0.25, 0.3) is 22.1 Å². The Morgan fingerprint density at radius 2 is 1.96 bits per heavy atom. The minimum Gasteiger partial charge on any atom is -0.479 e. The highest BCUT2D eigenvalue weighted by Crippen LogP contribution is 2.34. The Morgan fingerprint density at radius 1 is 1.19 bits per heavy atom. The normalized spacial score (nSPS) is 12.0. The van der Waals surface area contributed by atoms with Crippen molar-refractivity contribution < 1.29 is 23.1 Å². The Labute approximate surface area is 159 Å². The van der Waals surface area contributed by atoms with Crippen molar-refractivity contribution in [3.05, 3.63) is 63.7 Å². The van der Waals surface area contributed by atoms with E-state index in [-0.39, 0.29) is 17.2 Å². The van der Waals surface area contributed by atoms with Gasteiger partial charge in [0.15, 0.2) is 6.10 Å². The number of carbonyl (C=O) groups excluding carboxylic acids is 1. The van der Waals surface area contributed by atoms with Crippen LogP contribution in [0.1, 0.15) is 13.8 Å². The van der Waals surface area contributed by atoms with Crippen molar-refractivity contribution in [1.29, 1.82) is 0 Å². The van der Waals surface area contributed by atoms with Gasteiger partial charge in [0, 0.05) is 28.6 Å². The molecule has 0 N–H and O–H groups in total. The Balaban J connectivity index is 2.03. The van der Waals surface area contributed by atoms with Gasteiger partial charge in [0.05, 0.1) is 11.6 Å². The molecule has 3 rings (SSSR count). The van der Waals surface area contributed by atoms with Crippen LogP contribution in [0.5, 0.6) is 5.75 Å². The third kappa shape index (κ3) is 4.11. The fourth-order valence-electron chi connectivity index (χ4n) is 2.66. The number of fused-ring (bicyclic) bond motifs is 1. The third-order valence-corrected chi connectivity index (χ3v) is 4.18. The van der Waals surface area contributed by atoms with Gasteiger partial charge in [0.1, 0.15) is 17.1 Å². The number of halogens is 2. The first kappa shape index (κ1) is 18.9. The van der Waals surface area contributed by atoms with Crippen molar-refractivity contribution >= 4 is 28.5 Å². The fraction of sp³-hybridized carbons (Fsp3) is 0.200. The molecule has 0 bridgehead atoms. The SMILES string of the molecule is CCOC(=O)[C@@H](C)Oc1ccc2c(-c3ccc(F)cc3Cl)cc(=O)oc2c1. The van der Waals surface area contributed by atoms with Crippen LogP contribution in [0.2, 0.25) is 5.02 Å². The van der Waals surface area contributed by atoms with Crippen LogP contribution in [0.3, 0.4) is 0 Å². The second kappa shape index (κ2) is 7.80. The van der Waals surface area contributed by atoms with Gasteiger partial charge in [0.2, 0.25) is 0 Å². The lowest BCUT2D eigenvalue weighted by Crippen LogP contribution is -2.26. The zero-order chi connectivity index (χ0) is 19.6. The number of hydrogen-bond donors (Lipinski definition) is 0. The van der Waals surface area contributed by atoms with E-state index in [0.717, 1.165) is 0 Å². The molecule has 0 amide bonds. The number of esters is 1. The molecule has 5 nitrogen and oxygen atoms in total. The van der Waals surface area contributed by atoms with Crippen LogP contribution in [0.15, 0.2) is 51.7 Å². The zero-order valence-corrected chi connectivity index (χ0v) is 15.4. The average molecular weight is 391 g/mol. The lowest BCUT2D eigenvalue weighted by Gasteiger charge is -2.14. The van der Waals surface area contributed by atoms with Crippen LogP contribution < -0.4 is 10.4 Å². The summed E-state index contributed by atoms with van der Waals surface area (Å²) in [7, 11) is 0. The molecule has 0 saturated heterocycles. The number of rotatable bonds is 5. The maximum absolute atomic E-state index is 13.3. The van der Waals surface area contributed by atoms with Crippen LogP contribution >= 0.6 is 11.6 Å². The highest BCUT2D eigenvalue weighted by molar-refractivity contribution is 6.33. The quantitative estimate of drug-likeness (QED) is 0.471. The van der Waals surface area contributed by atoms with Crippen LogP contribution in [-0.2, 0) is 9.53 Å². The summed E-state index contributed by atoms with van der Waals surface area (Å²) >= 11 is 6.13. The van der Waals surface area contributed by atoms with Gasteiger partial charge in [-0.25, -0.2) is 14.0 Å². The summed E-state index contributed by atoms with van der Waals surface area (Å²) < 4.78 is 29.0. The predicted molar refractivity (Wildman–Crippen MR) is 99.6 cm³/mol. The summed E-state index contributed by atoms with van der Waals surface area (Å²) in [6.45, 7) is 3.52. The first-order valence-corrected chi connectivity index (χ1v) is 8.63. The largest absolute Gasteiger partial charge is 0.479 e. The zero-order valence-electron chi connectivity index (χ0n) is 14.6. The number of carbonyl (C=O) groups is 1. The van der Waals surface area contributed by atoms with E-state index in [1.54, 1.807) is 26.0 Å². The van der Waals surface area contributed by atoms with Crippen molar-refractivity contribution in [3.63, 3.8) is 0 Å². The fourth-order valence-corrected chi connectivity index (χ4v) is 2.93. The van der Waals surface area contributed by atoms with E-state index >= 15 is 0 Å². The number of hydrogen-bond acceptors (Lipinski definition) is 5. The average Bonchev–Trinajstić information content (AvgIpc) is 2.61. The second-order valence-electron chi connectivity index (χ2n) is 5.77. The van der Waals surface area contributed by atoms with Gasteiger partial charge in [-0.3, -0.25) is 0 Å². The van der Waals surface area contributed by atoms with Crippen molar-refractivity contribution in [3.8, 4) is 16.9 Å². The molecular weight excluding hydrogens is 375 g/mol. The summed E-state index contributed by atoms with van der Waals surface area (Å²) in [6, 6.07) is 10.1. The van der Waals surface area contributed by atoms with E-state index in [2.05, 4.69) is 0 Å². The predicted octanol–water partition coefficient (Wildman–Crippen LogP) is 4.58. The molecular formula is C20H16ClFO5. The minimum atomic E-state index is -0.816. The molecule has 3 aromatic rings. The first-order valence-electron chi connectivity index (χ1n) is 8.25. The van der Waals surface area contributed by atoms with Gasteiger partial charge in [-0.15, -0.1) is 0 Å². The molecule has 2 aromatic carbocycles. The summed E-state index contributed by atoms with van der Waals surface area (Å²) in [6.07, 6.45) is -0.816. The summed E-state index contributed by atoms with van der Waals surface area (Å²) in [4.78, 5) is 23.7. The van der Waals surface area contributed by atoms with Crippen molar-refractivity contribution in [2.75, 3.05) is 6.61 Å². The molecule has 0 saturated carbocycles. The van der Waals surface area contributed by atoms with Crippen LogP contribution in [-0.4, -0.2) is 18.7 Å². The van der Waals surface area contributed by atoms with E-state index in [1.807, 2.05) is 0 Å². The lowest BCUT2D eigenvalue weighted by molar-refractivity contribution is -0.150. The van der Waals surface area contributed by atoms with E-state index < -0.39 is 23.5 Å². The Kier molecular flexibility index (Phi) is 5.46. The van der Waals surface area contributed by atoms with Gasteiger partial charge in [-0.05, 0) is 44.2 Å². The van der Waals surface area contributed by atoms with E-state index in [1.165, 1.54) is 30.3 Å². The summed E-state index contributed by atoms with van der Waals surface area (Å²) in [5, 5.41) is 0.775. The molecule has 1 aromatic heterocycles. The van der Waals surface area contributed by atoms with Crippen molar-refractivity contribution in [2.24, 2.45) is 0 Å². The van der Waals surface area contributed by atoms with E-state index in [4.69, 9.17) is 25.5 Å². The van der Waals surface area contributed by atoms with Crippen molar-refractivity contribution in [1.82, 2.24) is 0 Å². The summed E-state index contributed by atoms with van der Waals surface area (Å²) in [5.41, 5.74) is 0.681. The first-order chi connectivity index (χ1) is 12.9. The Hall–Kier alpha value is -2.86. The van der Waals surface area contributed by atoms with Crippen LogP contribution in [0, 0.1) is 5.82 Å². The maximum Gasteiger partial charge on any atom is 0.347 e. The van der Waals surface area contributed by atoms with Gasteiger partial charge < -0.3 is 13.9 Å². The Morgan fingerprint density at radius 3 is 2.67 bits per heavy atom. The molecule has 0 aliphatic carbocycles. The molecule has 0 unspecified atom stereocenters. The molecule has 0 spiro atoms. The Bertz CT molecular complexity index is 1060. The topological polar surface area (TPSA) is 65.7 Å². The second-order valence-corrected chi connectivity index (χ2v) is 6.18. The smallest absolute Gasteiger partial charge is 0.347 e. The lowest BCUT2D eigenvalue weighted by atomic mass is 10.0. The van der Waals surface area contributed by atoms with E-state index in [9.17, 15) is 14.0 Å². The van der Waals surface area contributed by atoms with Crippen molar-refractivity contribution in [2.45, 2.75) is 20.0 Å². The highest BCUT2D eigenvalue weighted by Gasteiger charge is 2.17.